The van der Waals surface area contributed by atoms with E-state index in [0.29, 0.717) is 0 Å². The summed E-state index contributed by atoms with van der Waals surface area (Å²) in [4.78, 5) is 0. The van der Waals surface area contributed by atoms with Crippen LogP contribution in [0.4, 0.5) is 0 Å². The van der Waals surface area contributed by atoms with Gasteiger partial charge in [0.15, 0.2) is 0 Å². The SMILES string of the molecule is CC.CC.CC.CC.CC.CC.CCC.[CH-]1CCC[CH-]CCC[CH-]CCC1.[CH3-].[CH3-].[CH3-].[Y+3].[Y].[Y].[Y].[Y].[Y].[Y]. The van der Waals surface area contributed by atoms with E-state index < -0.39 is 0 Å². The summed E-state index contributed by atoms with van der Waals surface area (Å²) < 4.78 is 0. The van der Waals surface area contributed by atoms with Gasteiger partial charge in [0.05, 0.1) is 0 Å². The van der Waals surface area contributed by atoms with E-state index in [9.17, 15) is 0 Å². The van der Waals surface area contributed by atoms with Crippen molar-refractivity contribution in [1.82, 2.24) is 0 Å². The van der Waals surface area contributed by atoms with E-state index in [1.54, 1.807) is 0 Å². The zero-order valence-corrected chi connectivity index (χ0v) is 49.7. The van der Waals surface area contributed by atoms with Gasteiger partial charge in [0.1, 0.15) is 0 Å². The maximum absolute atomic E-state index is 2.46. The van der Waals surface area contributed by atoms with Crippen molar-refractivity contribution in [2.75, 3.05) is 0 Å². The number of hydrogen-bond acceptors (Lipinski definition) is 0. The molecule has 0 unspecified atom stereocenters. The van der Waals surface area contributed by atoms with Crippen molar-refractivity contribution in [3.63, 3.8) is 0 Å². The van der Waals surface area contributed by atoms with Crippen LogP contribution < -0.4 is 0 Å². The molecule has 0 nitrogen and oxygen atoms in total. The Morgan fingerprint density at radius 1 is 0.351 bits per heavy atom. The molecule has 0 bridgehead atoms. The van der Waals surface area contributed by atoms with Crippen molar-refractivity contribution in [2.24, 2.45) is 0 Å². The van der Waals surface area contributed by atoms with Crippen molar-refractivity contribution in [3.05, 3.63) is 41.5 Å². The molecule has 1 aliphatic rings. The standard InChI is InChI=1S/C12H21.C3H8.6C2H6.3CH3.7Y/c1-2-4-6-8-10-12-11-9-7-5-3-1;1-3-2;6*1-2;;;;;;;;;;/h1,8-9H,2-7,10-12H2;3H2,1-2H3;6*1-2H3;3*1H3;;;;;;;/q-3;;;;;;;;3*-1;;;;;;;+3. The molecule has 6 radical (unpaired) electrons. The van der Waals surface area contributed by atoms with Gasteiger partial charge in [-0.3, -0.25) is 0 Å². The third kappa shape index (κ3) is 196. The van der Waals surface area contributed by atoms with Crippen LogP contribution in [-0.4, -0.2) is 0 Å². The summed E-state index contributed by atoms with van der Waals surface area (Å²) in [5, 5.41) is 0. The molecule has 1 rings (SSSR count). The van der Waals surface area contributed by atoms with E-state index in [4.69, 9.17) is 0 Å². The summed E-state index contributed by atoms with van der Waals surface area (Å²) in [6.07, 6.45) is 20.8. The summed E-state index contributed by atoms with van der Waals surface area (Å²) >= 11 is 0. The monoisotopic (exact) mass is 1060 g/mol. The van der Waals surface area contributed by atoms with Crippen LogP contribution in [0.1, 0.15) is 161 Å². The van der Waals surface area contributed by atoms with Crippen LogP contribution in [0.2, 0.25) is 0 Å². The molecule has 0 atom stereocenters. The van der Waals surface area contributed by atoms with Crippen LogP contribution in [0.5, 0.6) is 0 Å². The van der Waals surface area contributed by atoms with Crippen molar-refractivity contribution < 1.29 is 229 Å². The second-order valence-corrected chi connectivity index (χ2v) is 4.37. The molecule has 0 saturated heterocycles. The smallest absolute Gasteiger partial charge is 0.358 e. The van der Waals surface area contributed by atoms with E-state index in [1.165, 1.54) is 64.2 Å². The van der Waals surface area contributed by atoms with Gasteiger partial charge < -0.3 is 41.5 Å². The molecule has 1 saturated carbocycles. The van der Waals surface area contributed by atoms with Crippen LogP contribution in [0.15, 0.2) is 0 Å². The van der Waals surface area contributed by atoms with Gasteiger partial charge in [0.25, 0.3) is 0 Å². The van der Waals surface area contributed by atoms with Gasteiger partial charge in [-0.25, -0.2) is 0 Å². The quantitative estimate of drug-likeness (QED) is 0.212. The molecule has 0 heterocycles. The average Bonchev–Trinajstić information content (AvgIpc) is 2.78. The molecule has 1 aliphatic carbocycles. The first-order valence-corrected chi connectivity index (χ1v) is 12.9. The first-order valence-electron chi connectivity index (χ1n) is 12.9. The second kappa shape index (κ2) is 186. The normalized spacial score (nSPS) is 9.24. The van der Waals surface area contributed by atoms with Crippen LogP contribution in [-0.2, 0) is 229 Å². The van der Waals surface area contributed by atoms with Gasteiger partial charge in [0.2, 0.25) is 0 Å². The number of rotatable bonds is 0. The second-order valence-electron chi connectivity index (χ2n) is 4.37. The Labute approximate surface area is 422 Å². The Balaban J connectivity index is -0.00000000947. The fourth-order valence-electron chi connectivity index (χ4n) is 1.65. The Hall–Kier alpha value is 7.73. The number of hydrogen-bond donors (Lipinski definition) is 0. The van der Waals surface area contributed by atoms with E-state index in [1.807, 2.05) is 83.1 Å². The van der Waals surface area contributed by atoms with E-state index in [0.717, 1.165) is 0 Å². The molecule has 218 valence electrons. The molecular formula is C30H74Y7-3. The zero-order chi connectivity index (χ0) is 23.2. The Morgan fingerprint density at radius 2 is 0.432 bits per heavy atom. The minimum Gasteiger partial charge on any atom is -0.358 e. The summed E-state index contributed by atoms with van der Waals surface area (Å²) in [5.41, 5.74) is 0. The van der Waals surface area contributed by atoms with Gasteiger partial charge in [0, 0.05) is 196 Å². The molecule has 0 aromatic heterocycles. The van der Waals surface area contributed by atoms with Gasteiger partial charge in [-0.15, -0.1) is 19.3 Å². The predicted molar refractivity (Wildman–Crippen MR) is 158 cm³/mol. The first-order chi connectivity index (χ1) is 13.4. The van der Waals surface area contributed by atoms with Crippen molar-refractivity contribution >= 4 is 0 Å². The molecule has 0 amide bonds. The third-order valence-corrected chi connectivity index (χ3v) is 2.45. The van der Waals surface area contributed by atoms with Crippen LogP contribution in [0.25, 0.3) is 0 Å². The molecule has 0 N–H and O–H groups in total. The Kier molecular flexibility index (Phi) is 559. The molecule has 1 fully saturated rings. The van der Waals surface area contributed by atoms with E-state index in [-0.39, 0.29) is 251 Å². The van der Waals surface area contributed by atoms with Gasteiger partial charge in [-0.05, 0) is 0 Å². The topological polar surface area (TPSA) is 0 Å². The zero-order valence-electron chi connectivity index (χ0n) is 29.8. The molecular weight excluding hydrogens is 983 g/mol. The first kappa shape index (κ1) is 111. The van der Waals surface area contributed by atoms with E-state index >= 15 is 0 Å². The third-order valence-electron chi connectivity index (χ3n) is 2.45. The summed E-state index contributed by atoms with van der Waals surface area (Å²) in [5.74, 6) is 0. The summed E-state index contributed by atoms with van der Waals surface area (Å²) in [6, 6.07) is 0. The van der Waals surface area contributed by atoms with Crippen molar-refractivity contribution in [1.29, 1.82) is 0 Å². The van der Waals surface area contributed by atoms with E-state index in [2.05, 4.69) is 33.1 Å². The maximum Gasteiger partial charge on any atom is 3.00 e. The Morgan fingerprint density at radius 3 is 0.514 bits per heavy atom. The fourth-order valence-corrected chi connectivity index (χ4v) is 1.65. The van der Waals surface area contributed by atoms with Gasteiger partial charge in [-0.1, -0.05) is 103 Å². The van der Waals surface area contributed by atoms with Crippen LogP contribution >= 0.6 is 0 Å². The Bertz CT molecular complexity index is 79.1. The molecule has 7 heteroatoms. The van der Waals surface area contributed by atoms with Crippen molar-refractivity contribution in [3.8, 4) is 0 Å². The minimum atomic E-state index is 0. The molecule has 0 spiro atoms. The average molecular weight is 1060 g/mol. The molecule has 0 aromatic carbocycles. The van der Waals surface area contributed by atoms with Gasteiger partial charge >= 0.3 is 32.7 Å². The minimum absolute atomic E-state index is 0. The molecule has 0 aromatic rings. The summed E-state index contributed by atoms with van der Waals surface area (Å²) in [7, 11) is 0. The summed E-state index contributed by atoms with van der Waals surface area (Å²) in [6.45, 7) is 28.2. The van der Waals surface area contributed by atoms with Crippen LogP contribution in [0.3, 0.4) is 0 Å². The van der Waals surface area contributed by atoms with Crippen LogP contribution in [0, 0.1) is 41.5 Å². The largest absolute Gasteiger partial charge is 3.00 e. The predicted octanol–water partition coefficient (Wildman–Crippen LogP) is 13.0. The van der Waals surface area contributed by atoms with Crippen molar-refractivity contribution in [2.45, 2.75) is 161 Å². The molecule has 0 aliphatic heterocycles. The molecule has 37 heavy (non-hydrogen) atoms. The fraction of sp³-hybridized carbons (Fsp3) is 0.800. The maximum atomic E-state index is 2.46. The van der Waals surface area contributed by atoms with Gasteiger partial charge in [-0.2, -0.15) is 38.5 Å².